The fraction of sp³-hybridized carbons (Fsp3) is 0.176. The highest BCUT2D eigenvalue weighted by molar-refractivity contribution is 6.33. The highest BCUT2D eigenvalue weighted by Crippen LogP contribution is 2.25. The van der Waals surface area contributed by atoms with E-state index in [0.29, 0.717) is 11.5 Å². The molecule has 0 aliphatic carbocycles. The molecule has 7 heteroatoms. The monoisotopic (exact) mass is 352 g/mol. The van der Waals surface area contributed by atoms with Crippen LogP contribution in [0.2, 0.25) is 5.02 Å². The van der Waals surface area contributed by atoms with Crippen molar-refractivity contribution in [2.45, 2.75) is 0 Å². The molecule has 0 bridgehead atoms. The molecule has 5 nitrogen and oxygen atoms in total. The third-order valence-corrected chi connectivity index (χ3v) is 3.51. The summed E-state index contributed by atoms with van der Waals surface area (Å²) in [6, 6.07) is 7.96. The largest absolute Gasteiger partial charge is 0.497 e. The lowest BCUT2D eigenvalue weighted by Crippen LogP contribution is -2.15. The van der Waals surface area contributed by atoms with E-state index in [-0.39, 0.29) is 16.1 Å². The predicted octanol–water partition coefficient (Wildman–Crippen LogP) is 3.54. The zero-order valence-corrected chi connectivity index (χ0v) is 13.7. The van der Waals surface area contributed by atoms with Crippen LogP contribution in [-0.2, 0) is 4.74 Å². The Morgan fingerprint density at radius 2 is 1.79 bits per heavy atom. The van der Waals surface area contributed by atoms with Crippen molar-refractivity contribution in [2.75, 3.05) is 20.8 Å². The minimum atomic E-state index is -0.824. The summed E-state index contributed by atoms with van der Waals surface area (Å²) in [7, 11) is 2.88. The number of esters is 1. The molecule has 0 atom stereocenters. The third kappa shape index (κ3) is 4.02. The molecule has 0 fully saturated rings. The first-order valence-electron chi connectivity index (χ1n) is 6.83. The van der Waals surface area contributed by atoms with Crippen LogP contribution in [0.5, 0.6) is 11.5 Å². The van der Waals surface area contributed by atoms with E-state index in [2.05, 4.69) is 0 Å². The Morgan fingerprint density at radius 1 is 1.04 bits per heavy atom. The number of ketones is 1. The van der Waals surface area contributed by atoms with Gasteiger partial charge in [-0.15, -0.1) is 0 Å². The average molecular weight is 353 g/mol. The molecule has 0 aliphatic rings. The molecule has 2 aromatic carbocycles. The van der Waals surface area contributed by atoms with Gasteiger partial charge in [0.2, 0.25) is 5.78 Å². The molecule has 0 amide bonds. The zero-order valence-electron chi connectivity index (χ0n) is 13.0. The van der Waals surface area contributed by atoms with Crippen LogP contribution in [0.15, 0.2) is 36.4 Å². The maximum Gasteiger partial charge on any atom is 0.340 e. The maximum absolute atomic E-state index is 13.0. The van der Waals surface area contributed by atoms with Gasteiger partial charge in [0.15, 0.2) is 6.61 Å². The molecule has 0 aliphatic heterocycles. The van der Waals surface area contributed by atoms with Crippen LogP contribution in [0.25, 0.3) is 0 Å². The molecule has 0 heterocycles. The van der Waals surface area contributed by atoms with Crippen molar-refractivity contribution in [2.24, 2.45) is 0 Å². The number of carbonyl (C=O) groups is 2. The van der Waals surface area contributed by atoms with Gasteiger partial charge >= 0.3 is 5.97 Å². The van der Waals surface area contributed by atoms with E-state index in [4.69, 9.17) is 25.8 Å². The molecule has 24 heavy (non-hydrogen) atoms. The molecule has 0 saturated carbocycles. The lowest BCUT2D eigenvalue weighted by atomic mass is 10.1. The Hall–Kier alpha value is -2.60. The summed E-state index contributed by atoms with van der Waals surface area (Å²) in [5.41, 5.74) is 0.193. The smallest absolute Gasteiger partial charge is 0.340 e. The zero-order chi connectivity index (χ0) is 17.7. The van der Waals surface area contributed by atoms with Gasteiger partial charge in [-0.25, -0.2) is 9.18 Å². The number of ether oxygens (including phenoxy) is 3. The molecule has 0 spiro atoms. The molecule has 2 aromatic rings. The second kappa shape index (κ2) is 7.79. The Kier molecular flexibility index (Phi) is 5.76. The van der Waals surface area contributed by atoms with Crippen LogP contribution in [0, 0.1) is 5.82 Å². The first kappa shape index (κ1) is 17.7. The van der Waals surface area contributed by atoms with Crippen LogP contribution < -0.4 is 9.47 Å². The Labute approximate surface area is 142 Å². The number of rotatable bonds is 6. The number of benzene rings is 2. The molecule has 0 N–H and O–H groups in total. The molecule has 126 valence electrons. The van der Waals surface area contributed by atoms with Gasteiger partial charge in [0.1, 0.15) is 17.3 Å². The normalized spacial score (nSPS) is 10.2. The van der Waals surface area contributed by atoms with Gasteiger partial charge in [-0.05, 0) is 36.4 Å². The molecule has 0 aromatic heterocycles. The van der Waals surface area contributed by atoms with E-state index in [1.165, 1.54) is 26.4 Å². The second-order valence-electron chi connectivity index (χ2n) is 4.69. The van der Waals surface area contributed by atoms with Crippen molar-refractivity contribution in [1.82, 2.24) is 0 Å². The summed E-state index contributed by atoms with van der Waals surface area (Å²) in [6.07, 6.45) is 0. The van der Waals surface area contributed by atoms with Crippen LogP contribution in [0.4, 0.5) is 4.39 Å². The molecule has 0 saturated heterocycles. The van der Waals surface area contributed by atoms with Gasteiger partial charge in [0.25, 0.3) is 0 Å². The minimum absolute atomic E-state index is 0.0246. The van der Waals surface area contributed by atoms with Gasteiger partial charge in [0.05, 0.1) is 30.4 Å². The van der Waals surface area contributed by atoms with Crippen molar-refractivity contribution in [3.63, 3.8) is 0 Å². The number of halogens is 2. The van der Waals surface area contributed by atoms with Crippen molar-refractivity contribution >= 4 is 23.4 Å². The molecular weight excluding hydrogens is 339 g/mol. The molecule has 2 rings (SSSR count). The lowest BCUT2D eigenvalue weighted by molar-refractivity contribution is 0.0474. The Balaban J connectivity index is 2.11. The van der Waals surface area contributed by atoms with E-state index in [1.807, 2.05) is 0 Å². The van der Waals surface area contributed by atoms with Gasteiger partial charge in [-0.3, -0.25) is 4.79 Å². The Bertz CT molecular complexity index is 776. The first-order valence-corrected chi connectivity index (χ1v) is 7.21. The number of carbonyl (C=O) groups excluding carboxylic acids is 2. The average Bonchev–Trinajstić information content (AvgIpc) is 2.58. The number of methoxy groups -OCH3 is 2. The highest BCUT2D eigenvalue weighted by atomic mass is 35.5. The fourth-order valence-electron chi connectivity index (χ4n) is 1.97. The Morgan fingerprint density at radius 3 is 2.42 bits per heavy atom. The van der Waals surface area contributed by atoms with Crippen molar-refractivity contribution < 1.29 is 28.2 Å². The summed E-state index contributed by atoms with van der Waals surface area (Å²) in [4.78, 5) is 24.2. The summed E-state index contributed by atoms with van der Waals surface area (Å²) < 4.78 is 28.1. The third-order valence-electron chi connectivity index (χ3n) is 3.19. The number of Topliss-reactive ketones (excluding diaryl/α,β-unsaturated/α-hetero) is 1. The van der Waals surface area contributed by atoms with Gasteiger partial charge in [0, 0.05) is 0 Å². The van der Waals surface area contributed by atoms with Gasteiger partial charge < -0.3 is 14.2 Å². The van der Waals surface area contributed by atoms with Crippen molar-refractivity contribution in [3.05, 3.63) is 58.4 Å². The van der Waals surface area contributed by atoms with Crippen LogP contribution in [-0.4, -0.2) is 32.6 Å². The van der Waals surface area contributed by atoms with E-state index in [1.54, 1.807) is 12.1 Å². The van der Waals surface area contributed by atoms with E-state index in [9.17, 15) is 14.0 Å². The van der Waals surface area contributed by atoms with Crippen LogP contribution in [0.1, 0.15) is 20.7 Å². The van der Waals surface area contributed by atoms with E-state index in [0.717, 1.165) is 12.1 Å². The molecule has 0 radical (unpaired) electrons. The number of hydrogen-bond acceptors (Lipinski definition) is 5. The lowest BCUT2D eigenvalue weighted by Gasteiger charge is -2.10. The summed E-state index contributed by atoms with van der Waals surface area (Å²) in [5, 5.41) is -0.0913. The van der Waals surface area contributed by atoms with E-state index < -0.39 is 24.2 Å². The summed E-state index contributed by atoms with van der Waals surface area (Å²) in [5.74, 6) is -1.08. The van der Waals surface area contributed by atoms with Crippen LogP contribution >= 0.6 is 11.6 Å². The molecular formula is C17H14ClFO5. The fourth-order valence-corrected chi connectivity index (χ4v) is 2.22. The van der Waals surface area contributed by atoms with Crippen LogP contribution in [0.3, 0.4) is 0 Å². The van der Waals surface area contributed by atoms with E-state index >= 15 is 0 Å². The summed E-state index contributed by atoms with van der Waals surface area (Å²) >= 11 is 5.78. The van der Waals surface area contributed by atoms with Crippen molar-refractivity contribution in [1.29, 1.82) is 0 Å². The predicted molar refractivity (Wildman–Crippen MR) is 85.6 cm³/mol. The van der Waals surface area contributed by atoms with Gasteiger partial charge in [-0.2, -0.15) is 0 Å². The highest BCUT2D eigenvalue weighted by Gasteiger charge is 2.18. The van der Waals surface area contributed by atoms with Crippen molar-refractivity contribution in [3.8, 4) is 11.5 Å². The standard InChI is InChI=1S/C17H14ClFO5/c1-22-11-4-6-16(23-2)13(8-11)15(20)9-24-17(21)12-5-3-10(19)7-14(12)18/h3-8H,9H2,1-2H3. The van der Waals surface area contributed by atoms with Gasteiger partial charge in [-0.1, -0.05) is 11.6 Å². The first-order chi connectivity index (χ1) is 11.5. The second-order valence-corrected chi connectivity index (χ2v) is 5.10. The quantitative estimate of drug-likeness (QED) is 0.588. The maximum atomic E-state index is 13.0. The SMILES string of the molecule is COc1ccc(OC)c(C(=O)COC(=O)c2ccc(F)cc2Cl)c1. The topological polar surface area (TPSA) is 61.8 Å². The molecule has 0 unspecified atom stereocenters. The summed E-state index contributed by atoms with van der Waals surface area (Å²) in [6.45, 7) is -0.518. The number of hydrogen-bond donors (Lipinski definition) is 0. The minimum Gasteiger partial charge on any atom is -0.497 e.